The van der Waals surface area contributed by atoms with Gasteiger partial charge in [-0.15, -0.1) is 0 Å². The summed E-state index contributed by atoms with van der Waals surface area (Å²) in [7, 11) is 0. The first-order valence-electron chi connectivity index (χ1n) is 9.40. The van der Waals surface area contributed by atoms with Gasteiger partial charge in [0.15, 0.2) is 0 Å². The molecule has 1 aliphatic heterocycles. The van der Waals surface area contributed by atoms with Crippen LogP contribution in [0.4, 0.5) is 10.1 Å². The molecule has 1 fully saturated rings. The van der Waals surface area contributed by atoms with Crippen LogP contribution in [0.25, 0.3) is 5.69 Å². The van der Waals surface area contributed by atoms with Crippen LogP contribution in [0.2, 0.25) is 0 Å². The molecule has 6 heteroatoms. The second-order valence-electron chi connectivity index (χ2n) is 6.94. The van der Waals surface area contributed by atoms with Crippen molar-refractivity contribution < 1.29 is 13.9 Å². The molecule has 3 aromatic rings. The molecule has 1 aromatic carbocycles. The Labute approximate surface area is 163 Å². The number of hydrogen-bond acceptors (Lipinski definition) is 3. The van der Waals surface area contributed by atoms with Gasteiger partial charge >= 0.3 is 0 Å². The summed E-state index contributed by atoms with van der Waals surface area (Å²) < 4.78 is 21.6. The van der Waals surface area contributed by atoms with Crippen LogP contribution in [0.15, 0.2) is 61.1 Å². The molecule has 4 rings (SSSR count). The molecule has 2 aromatic heterocycles. The Morgan fingerprint density at radius 1 is 1.18 bits per heavy atom. The predicted molar refractivity (Wildman–Crippen MR) is 105 cm³/mol. The number of anilines is 1. The minimum absolute atomic E-state index is 0.0552. The highest BCUT2D eigenvalue weighted by Crippen LogP contribution is 2.27. The molecule has 1 saturated heterocycles. The molecule has 0 unspecified atom stereocenters. The number of hydrogen-bond donors (Lipinski definition) is 0. The van der Waals surface area contributed by atoms with Crippen LogP contribution in [-0.4, -0.2) is 34.7 Å². The van der Waals surface area contributed by atoms with Gasteiger partial charge in [-0.25, -0.2) is 4.39 Å². The smallest absolute Gasteiger partial charge is 0.277 e. The Balaban J connectivity index is 1.72. The molecule has 1 amide bonds. The van der Waals surface area contributed by atoms with E-state index in [-0.39, 0.29) is 17.8 Å². The van der Waals surface area contributed by atoms with Crippen LogP contribution in [0.3, 0.4) is 0 Å². The number of nitrogens with zero attached hydrogens (tertiary/aromatic N) is 3. The van der Waals surface area contributed by atoms with E-state index in [2.05, 4.69) is 4.98 Å². The molecule has 0 radical (unpaired) electrons. The van der Waals surface area contributed by atoms with Crippen molar-refractivity contribution in [3.05, 3.63) is 78.1 Å². The van der Waals surface area contributed by atoms with Crippen molar-refractivity contribution in [1.82, 2.24) is 9.55 Å². The van der Waals surface area contributed by atoms with Gasteiger partial charge in [0.2, 0.25) is 0 Å². The van der Waals surface area contributed by atoms with E-state index in [1.807, 2.05) is 35.2 Å². The number of carbonyl (C=O) groups is 1. The van der Waals surface area contributed by atoms with Gasteiger partial charge in [-0.1, -0.05) is 6.07 Å². The number of aryl methyl sites for hydroxylation is 1. The summed E-state index contributed by atoms with van der Waals surface area (Å²) in [6.45, 7) is 2.88. The van der Waals surface area contributed by atoms with Crippen molar-refractivity contribution in [2.24, 2.45) is 0 Å². The minimum Gasteiger partial charge on any atom is -0.381 e. The molecule has 0 N–H and O–H groups in total. The van der Waals surface area contributed by atoms with E-state index in [0.29, 0.717) is 43.0 Å². The van der Waals surface area contributed by atoms with Crippen molar-refractivity contribution in [3.63, 3.8) is 0 Å². The van der Waals surface area contributed by atoms with Gasteiger partial charge in [0.1, 0.15) is 11.5 Å². The fraction of sp³-hybridized carbons (Fsp3) is 0.273. The lowest BCUT2D eigenvalue weighted by Gasteiger charge is -2.34. The van der Waals surface area contributed by atoms with Crippen molar-refractivity contribution in [1.29, 1.82) is 0 Å². The number of ether oxygens (including phenoxy) is 1. The first-order chi connectivity index (χ1) is 13.6. The zero-order valence-electron chi connectivity index (χ0n) is 15.7. The van der Waals surface area contributed by atoms with Gasteiger partial charge in [0.25, 0.3) is 5.91 Å². The SMILES string of the molecule is Cc1ccc(N(C(=O)c2cc(-n3cccc3)ccn2)C2CCOCC2)cc1F. The molecule has 144 valence electrons. The normalized spacial score (nSPS) is 14.8. The number of halogens is 1. The van der Waals surface area contributed by atoms with Gasteiger partial charge in [-0.2, -0.15) is 0 Å². The third kappa shape index (κ3) is 3.68. The maximum Gasteiger partial charge on any atom is 0.277 e. The number of carbonyl (C=O) groups excluding carboxylic acids is 1. The minimum atomic E-state index is -0.323. The maximum absolute atomic E-state index is 14.2. The lowest BCUT2D eigenvalue weighted by atomic mass is 10.0. The maximum atomic E-state index is 14.2. The summed E-state index contributed by atoms with van der Waals surface area (Å²) in [5.41, 5.74) is 2.29. The topological polar surface area (TPSA) is 47.4 Å². The van der Waals surface area contributed by atoms with Crippen LogP contribution in [-0.2, 0) is 4.74 Å². The third-order valence-electron chi connectivity index (χ3n) is 5.07. The quantitative estimate of drug-likeness (QED) is 0.684. The van der Waals surface area contributed by atoms with Crippen molar-refractivity contribution in [2.75, 3.05) is 18.1 Å². The van der Waals surface area contributed by atoms with Crippen molar-refractivity contribution in [3.8, 4) is 5.69 Å². The van der Waals surface area contributed by atoms with Gasteiger partial charge in [-0.05, 0) is 61.7 Å². The predicted octanol–water partition coefficient (Wildman–Crippen LogP) is 4.15. The first-order valence-corrected chi connectivity index (χ1v) is 9.40. The lowest BCUT2D eigenvalue weighted by Crippen LogP contribution is -2.44. The van der Waals surface area contributed by atoms with Gasteiger partial charge in [0, 0.05) is 49.2 Å². The van der Waals surface area contributed by atoms with E-state index in [1.54, 1.807) is 36.2 Å². The largest absolute Gasteiger partial charge is 0.381 e. The van der Waals surface area contributed by atoms with E-state index in [1.165, 1.54) is 6.07 Å². The van der Waals surface area contributed by atoms with Gasteiger partial charge in [-0.3, -0.25) is 9.78 Å². The molecule has 0 atom stereocenters. The highest BCUT2D eigenvalue weighted by Gasteiger charge is 2.29. The molecular formula is C22H22FN3O2. The molecule has 3 heterocycles. The molecule has 0 aliphatic carbocycles. The Hall–Kier alpha value is -2.99. The molecular weight excluding hydrogens is 357 g/mol. The summed E-state index contributed by atoms with van der Waals surface area (Å²) in [4.78, 5) is 19.4. The van der Waals surface area contributed by atoms with Gasteiger partial charge < -0.3 is 14.2 Å². The van der Waals surface area contributed by atoms with E-state index < -0.39 is 0 Å². The molecule has 5 nitrogen and oxygen atoms in total. The standard InChI is InChI=1S/C22H22FN3O2/c1-16-4-5-19(14-20(16)23)26(17-7-12-28-13-8-17)22(27)21-15-18(6-9-24-21)25-10-2-3-11-25/h2-6,9-11,14-15,17H,7-8,12-13H2,1H3. The van der Waals surface area contributed by atoms with Crippen LogP contribution in [0.5, 0.6) is 0 Å². The number of amides is 1. The number of rotatable bonds is 4. The molecule has 28 heavy (non-hydrogen) atoms. The second-order valence-corrected chi connectivity index (χ2v) is 6.94. The van der Waals surface area contributed by atoms with Crippen LogP contribution >= 0.6 is 0 Å². The Kier molecular flexibility index (Phi) is 5.21. The highest BCUT2D eigenvalue weighted by atomic mass is 19.1. The average molecular weight is 379 g/mol. The van der Waals surface area contributed by atoms with E-state index in [4.69, 9.17) is 4.74 Å². The molecule has 0 spiro atoms. The average Bonchev–Trinajstić information content (AvgIpc) is 3.27. The third-order valence-corrected chi connectivity index (χ3v) is 5.07. The fourth-order valence-electron chi connectivity index (χ4n) is 3.50. The van der Waals surface area contributed by atoms with Crippen LogP contribution in [0, 0.1) is 12.7 Å². The summed E-state index contributed by atoms with van der Waals surface area (Å²) in [5, 5.41) is 0. The number of aromatic nitrogens is 2. The monoisotopic (exact) mass is 379 g/mol. The van der Waals surface area contributed by atoms with Crippen LogP contribution in [0.1, 0.15) is 28.9 Å². The van der Waals surface area contributed by atoms with E-state index >= 15 is 0 Å². The summed E-state index contributed by atoms with van der Waals surface area (Å²) in [6.07, 6.45) is 6.86. The molecule has 0 saturated carbocycles. The summed E-state index contributed by atoms with van der Waals surface area (Å²) in [6, 6.07) is 12.3. The second kappa shape index (κ2) is 7.94. The zero-order chi connectivity index (χ0) is 19.5. The molecule has 1 aliphatic rings. The van der Waals surface area contributed by atoms with Crippen LogP contribution < -0.4 is 4.90 Å². The highest BCUT2D eigenvalue weighted by molar-refractivity contribution is 6.05. The Morgan fingerprint density at radius 2 is 1.93 bits per heavy atom. The fourth-order valence-corrected chi connectivity index (χ4v) is 3.50. The number of pyridine rings is 1. The zero-order valence-corrected chi connectivity index (χ0v) is 15.7. The number of benzene rings is 1. The van der Waals surface area contributed by atoms with Crippen molar-refractivity contribution in [2.45, 2.75) is 25.8 Å². The first kappa shape index (κ1) is 18.4. The van der Waals surface area contributed by atoms with Crippen molar-refractivity contribution >= 4 is 11.6 Å². The summed E-state index contributed by atoms with van der Waals surface area (Å²) in [5.74, 6) is -0.555. The Bertz CT molecular complexity index is 966. The molecule has 0 bridgehead atoms. The lowest BCUT2D eigenvalue weighted by molar-refractivity contribution is 0.0770. The Morgan fingerprint density at radius 3 is 2.64 bits per heavy atom. The van der Waals surface area contributed by atoms with Gasteiger partial charge in [0.05, 0.1) is 0 Å². The summed E-state index contributed by atoms with van der Waals surface area (Å²) >= 11 is 0. The van der Waals surface area contributed by atoms with E-state index in [9.17, 15) is 9.18 Å². The van der Waals surface area contributed by atoms with E-state index in [0.717, 1.165) is 5.69 Å².